The predicted octanol–water partition coefficient (Wildman–Crippen LogP) is 6.89. The number of amides is 2. The molecule has 2 aromatic heterocycles. The first-order valence-corrected chi connectivity index (χ1v) is 12.4. The quantitative estimate of drug-likeness (QED) is 0.177. The molecule has 2 heterocycles. The minimum absolute atomic E-state index is 0.296. The highest BCUT2D eigenvalue weighted by atomic mass is 32.2. The molecule has 2 N–H and O–H groups in total. The summed E-state index contributed by atoms with van der Waals surface area (Å²) in [5.74, 6) is -0.296. The van der Waals surface area contributed by atoms with Crippen LogP contribution in [0.3, 0.4) is 0 Å². The highest BCUT2D eigenvalue weighted by molar-refractivity contribution is 7.96. The van der Waals surface area contributed by atoms with Crippen molar-refractivity contribution in [1.82, 2.24) is 19.3 Å². The maximum Gasteiger partial charge on any atom is 0.573 e. The fourth-order valence-electron chi connectivity index (χ4n) is 4.10. The molecule has 0 aliphatic heterocycles. The summed E-state index contributed by atoms with van der Waals surface area (Å²) in [4.78, 5) is 21.1. The van der Waals surface area contributed by atoms with Crippen LogP contribution in [-0.2, 0) is 0 Å². The van der Waals surface area contributed by atoms with E-state index in [0.29, 0.717) is 16.9 Å². The average Bonchev–Trinajstić information content (AvgIpc) is 3.33. The molecule has 5 aromatic rings. The second kappa shape index (κ2) is 10.7. The van der Waals surface area contributed by atoms with Crippen molar-refractivity contribution in [2.75, 3.05) is 5.32 Å². The second-order valence-electron chi connectivity index (χ2n) is 8.57. The Morgan fingerprint density at radius 2 is 1.79 bits per heavy atom. The summed E-state index contributed by atoms with van der Waals surface area (Å²) in [6.07, 6.45) is 0.0767. The molecule has 0 aliphatic rings. The molecule has 0 unspecified atom stereocenters. The van der Waals surface area contributed by atoms with Gasteiger partial charge in [-0.25, -0.2) is 14.2 Å². The van der Waals surface area contributed by atoms with Crippen molar-refractivity contribution >= 4 is 51.9 Å². The SMILES string of the molecule is Cc1cccc(C)c1NC(=O)NS/N=C/c1cc2ccc3c(ncn3-c3ccc(OC(F)(F)F)cc3)c2cn1. The third kappa shape index (κ3) is 5.96. The lowest BCUT2D eigenvalue weighted by molar-refractivity contribution is -0.274. The van der Waals surface area contributed by atoms with Crippen LogP contribution in [0.2, 0.25) is 0 Å². The van der Waals surface area contributed by atoms with Gasteiger partial charge in [-0.05, 0) is 66.8 Å². The number of fused-ring (bicyclic) bond motifs is 3. The molecule has 8 nitrogen and oxygen atoms in total. The monoisotopic (exact) mass is 550 g/mol. The Balaban J connectivity index is 1.27. The molecular formula is C27H21F3N6O2S. The van der Waals surface area contributed by atoms with Crippen molar-refractivity contribution in [2.24, 2.45) is 4.40 Å². The van der Waals surface area contributed by atoms with Crippen LogP contribution in [0.4, 0.5) is 23.7 Å². The summed E-state index contributed by atoms with van der Waals surface area (Å²) in [6, 6.07) is 16.6. The minimum atomic E-state index is -4.75. The van der Waals surface area contributed by atoms with E-state index in [9.17, 15) is 18.0 Å². The van der Waals surface area contributed by atoms with Gasteiger partial charge >= 0.3 is 12.4 Å². The third-order valence-corrected chi connectivity index (χ3v) is 6.37. The lowest BCUT2D eigenvalue weighted by Crippen LogP contribution is -2.23. The number of rotatable bonds is 6. The lowest BCUT2D eigenvalue weighted by Gasteiger charge is -2.10. The molecule has 0 saturated heterocycles. The van der Waals surface area contributed by atoms with Crippen LogP contribution in [0.25, 0.3) is 27.5 Å². The number of halogens is 3. The zero-order chi connectivity index (χ0) is 27.6. The number of anilines is 1. The number of urea groups is 1. The van der Waals surface area contributed by atoms with Gasteiger partial charge in [-0.1, -0.05) is 24.3 Å². The smallest absolute Gasteiger partial charge is 0.406 e. The molecule has 198 valence electrons. The molecular weight excluding hydrogens is 529 g/mol. The van der Waals surface area contributed by atoms with Crippen molar-refractivity contribution in [1.29, 1.82) is 0 Å². The molecule has 0 radical (unpaired) electrons. The molecule has 5 rings (SSSR count). The number of aromatic nitrogens is 3. The van der Waals surface area contributed by atoms with Gasteiger partial charge in [0.15, 0.2) is 0 Å². The lowest BCUT2D eigenvalue weighted by atomic mass is 10.1. The van der Waals surface area contributed by atoms with E-state index in [1.54, 1.807) is 17.1 Å². The van der Waals surface area contributed by atoms with E-state index < -0.39 is 6.36 Å². The number of nitrogens with zero attached hydrogens (tertiary/aromatic N) is 4. The van der Waals surface area contributed by atoms with Crippen molar-refractivity contribution in [3.8, 4) is 11.4 Å². The van der Waals surface area contributed by atoms with Gasteiger partial charge in [-0.15, -0.1) is 13.2 Å². The number of hydrogen-bond donors (Lipinski definition) is 2. The van der Waals surface area contributed by atoms with Crippen LogP contribution < -0.4 is 14.8 Å². The Morgan fingerprint density at radius 3 is 2.51 bits per heavy atom. The molecule has 0 saturated carbocycles. The number of carbonyl (C=O) groups is 1. The highest BCUT2D eigenvalue weighted by Gasteiger charge is 2.31. The van der Waals surface area contributed by atoms with E-state index in [-0.39, 0.29) is 11.8 Å². The number of aryl methyl sites for hydroxylation is 2. The van der Waals surface area contributed by atoms with E-state index in [0.717, 1.165) is 45.2 Å². The van der Waals surface area contributed by atoms with Crippen molar-refractivity contribution in [3.63, 3.8) is 0 Å². The number of alkyl halides is 3. The second-order valence-corrected chi connectivity index (χ2v) is 9.17. The van der Waals surface area contributed by atoms with Gasteiger partial charge in [-0.3, -0.25) is 14.3 Å². The Kier molecular flexibility index (Phi) is 7.11. The summed E-state index contributed by atoms with van der Waals surface area (Å²) in [5.41, 5.74) is 5.37. The Bertz CT molecular complexity index is 1680. The number of carbonyl (C=O) groups excluding carboxylic acids is 1. The largest absolute Gasteiger partial charge is 0.573 e. The molecule has 0 aliphatic carbocycles. The Hall–Kier alpha value is -4.58. The minimum Gasteiger partial charge on any atom is -0.406 e. The van der Waals surface area contributed by atoms with Gasteiger partial charge in [-0.2, -0.15) is 0 Å². The van der Waals surface area contributed by atoms with Gasteiger partial charge in [0.1, 0.15) is 12.1 Å². The number of hydrogen-bond acceptors (Lipinski definition) is 6. The van der Waals surface area contributed by atoms with Crippen molar-refractivity contribution in [2.45, 2.75) is 20.2 Å². The molecule has 0 bridgehead atoms. The predicted molar refractivity (Wildman–Crippen MR) is 146 cm³/mol. The van der Waals surface area contributed by atoms with Crippen LogP contribution in [0.15, 0.2) is 77.6 Å². The fraction of sp³-hybridized carbons (Fsp3) is 0.111. The van der Waals surface area contributed by atoms with Crippen LogP contribution in [0, 0.1) is 13.8 Å². The highest BCUT2D eigenvalue weighted by Crippen LogP contribution is 2.28. The number of nitrogens with one attached hydrogen (secondary N) is 2. The average molecular weight is 551 g/mol. The maximum absolute atomic E-state index is 12.4. The van der Waals surface area contributed by atoms with Crippen molar-refractivity contribution in [3.05, 3.63) is 90.0 Å². The first-order valence-electron chi connectivity index (χ1n) is 11.6. The van der Waals surface area contributed by atoms with Crippen LogP contribution in [0.5, 0.6) is 5.75 Å². The first-order chi connectivity index (χ1) is 18.7. The number of ether oxygens (including phenoxy) is 1. The molecule has 3 aromatic carbocycles. The maximum atomic E-state index is 12.4. The summed E-state index contributed by atoms with van der Waals surface area (Å²) in [7, 11) is 0. The third-order valence-electron chi connectivity index (χ3n) is 5.88. The zero-order valence-corrected chi connectivity index (χ0v) is 21.5. The zero-order valence-electron chi connectivity index (χ0n) is 20.7. The molecule has 39 heavy (non-hydrogen) atoms. The molecule has 12 heteroatoms. The Labute approximate surface area is 225 Å². The van der Waals surface area contributed by atoms with Gasteiger partial charge in [0.25, 0.3) is 0 Å². The summed E-state index contributed by atoms with van der Waals surface area (Å²) in [6.45, 7) is 3.84. The van der Waals surface area contributed by atoms with Gasteiger partial charge in [0, 0.05) is 23.0 Å². The fourth-order valence-corrected chi connectivity index (χ4v) is 4.45. The van der Waals surface area contributed by atoms with E-state index in [1.165, 1.54) is 30.5 Å². The molecule has 0 spiro atoms. The number of imidazole rings is 1. The number of para-hydroxylation sites is 1. The van der Waals surface area contributed by atoms with Crippen molar-refractivity contribution < 1.29 is 22.7 Å². The summed E-state index contributed by atoms with van der Waals surface area (Å²) in [5, 5.41) is 4.51. The van der Waals surface area contributed by atoms with Gasteiger partial charge in [0.05, 0.1) is 35.1 Å². The normalized spacial score (nSPS) is 11.8. The first kappa shape index (κ1) is 26.0. The Morgan fingerprint density at radius 1 is 1.05 bits per heavy atom. The summed E-state index contributed by atoms with van der Waals surface area (Å²) < 4.78 is 49.8. The van der Waals surface area contributed by atoms with Crippen LogP contribution >= 0.6 is 12.1 Å². The molecule has 0 atom stereocenters. The van der Waals surface area contributed by atoms with E-state index >= 15 is 0 Å². The van der Waals surface area contributed by atoms with E-state index in [2.05, 4.69) is 29.1 Å². The number of benzene rings is 3. The van der Waals surface area contributed by atoms with E-state index in [4.69, 9.17) is 0 Å². The summed E-state index contributed by atoms with van der Waals surface area (Å²) >= 11 is 0.880. The number of pyridine rings is 1. The van der Waals surface area contributed by atoms with Crippen LogP contribution in [0.1, 0.15) is 16.8 Å². The molecule has 2 amide bonds. The van der Waals surface area contributed by atoms with Crippen LogP contribution in [-0.4, -0.2) is 33.1 Å². The van der Waals surface area contributed by atoms with E-state index in [1.807, 2.05) is 50.2 Å². The topological polar surface area (TPSA) is 93.4 Å². The molecule has 0 fully saturated rings. The van der Waals surface area contributed by atoms with Gasteiger partial charge < -0.3 is 10.1 Å². The standard InChI is InChI=1S/C27H21F3N6O2S/c1-16-4-3-5-17(2)24(16)34-26(37)35-39-33-13-19-12-18-6-11-23-25(22(18)14-31-19)32-15-36(23)20-7-9-21(10-8-20)38-27(28,29)30/h3-15H,1-2H3,(H2,34,35,37)/b33-13+. The van der Waals surface area contributed by atoms with Gasteiger partial charge in [0.2, 0.25) is 0 Å².